The van der Waals surface area contributed by atoms with Gasteiger partial charge in [-0.05, 0) is 40.9 Å². The van der Waals surface area contributed by atoms with Crippen molar-refractivity contribution in [2.75, 3.05) is 25.1 Å². The first kappa shape index (κ1) is 15.8. The van der Waals surface area contributed by atoms with Crippen molar-refractivity contribution in [1.29, 1.82) is 0 Å². The zero-order valence-corrected chi connectivity index (χ0v) is 13.9. The molecule has 0 saturated heterocycles. The molecule has 21 heavy (non-hydrogen) atoms. The first-order valence-corrected chi connectivity index (χ1v) is 8.79. The van der Waals surface area contributed by atoms with Gasteiger partial charge in [-0.3, -0.25) is 0 Å². The fourth-order valence-corrected chi connectivity index (χ4v) is 3.77. The minimum atomic E-state index is -3.54. The molecule has 114 valence electrons. The maximum atomic E-state index is 12.2. The third-order valence-electron chi connectivity index (χ3n) is 3.26. The molecule has 1 aromatic heterocycles. The van der Waals surface area contributed by atoms with Gasteiger partial charge >= 0.3 is 0 Å². The highest BCUT2D eigenvalue weighted by Gasteiger charge is 2.21. The minimum Gasteiger partial charge on any atom is -0.396 e. The third kappa shape index (κ3) is 3.20. The SMILES string of the molecule is Cc1cscc1CNc1cccc(S(=O)(=O)N(C)C)c1N. The van der Waals surface area contributed by atoms with Crippen molar-refractivity contribution in [3.05, 3.63) is 40.1 Å². The molecule has 7 heteroatoms. The van der Waals surface area contributed by atoms with E-state index in [1.165, 1.54) is 31.3 Å². The molecule has 0 saturated carbocycles. The van der Waals surface area contributed by atoms with Crippen molar-refractivity contribution in [1.82, 2.24) is 4.31 Å². The van der Waals surface area contributed by atoms with E-state index in [4.69, 9.17) is 5.73 Å². The molecule has 0 aliphatic rings. The maximum Gasteiger partial charge on any atom is 0.244 e. The molecular weight excluding hydrogens is 306 g/mol. The highest BCUT2D eigenvalue weighted by molar-refractivity contribution is 7.89. The van der Waals surface area contributed by atoms with Gasteiger partial charge in [-0.25, -0.2) is 12.7 Å². The molecule has 0 bridgehead atoms. The summed E-state index contributed by atoms with van der Waals surface area (Å²) in [6.45, 7) is 2.66. The van der Waals surface area contributed by atoms with Crippen LogP contribution in [0.15, 0.2) is 33.9 Å². The Hall–Kier alpha value is -1.57. The number of sulfonamides is 1. The largest absolute Gasteiger partial charge is 0.396 e. The second-order valence-electron chi connectivity index (χ2n) is 4.94. The van der Waals surface area contributed by atoms with E-state index in [2.05, 4.69) is 16.1 Å². The van der Waals surface area contributed by atoms with Crippen LogP contribution in [0.4, 0.5) is 11.4 Å². The van der Waals surface area contributed by atoms with Crippen molar-refractivity contribution in [2.24, 2.45) is 0 Å². The normalized spacial score (nSPS) is 11.8. The van der Waals surface area contributed by atoms with Crippen molar-refractivity contribution in [3.63, 3.8) is 0 Å². The van der Waals surface area contributed by atoms with Gasteiger partial charge in [0.2, 0.25) is 10.0 Å². The van der Waals surface area contributed by atoms with Crippen molar-refractivity contribution in [2.45, 2.75) is 18.4 Å². The molecule has 0 aliphatic carbocycles. The van der Waals surface area contributed by atoms with E-state index in [-0.39, 0.29) is 10.6 Å². The summed E-state index contributed by atoms with van der Waals surface area (Å²) < 4.78 is 25.6. The second-order valence-corrected chi connectivity index (χ2v) is 7.80. The number of aryl methyl sites for hydroxylation is 1. The van der Waals surface area contributed by atoms with E-state index >= 15 is 0 Å². The van der Waals surface area contributed by atoms with Crippen LogP contribution in [0.25, 0.3) is 0 Å². The lowest BCUT2D eigenvalue weighted by Crippen LogP contribution is -2.23. The van der Waals surface area contributed by atoms with Gasteiger partial charge in [0.25, 0.3) is 0 Å². The van der Waals surface area contributed by atoms with Crippen molar-refractivity contribution in [3.8, 4) is 0 Å². The number of anilines is 2. The van der Waals surface area contributed by atoms with E-state index in [9.17, 15) is 8.42 Å². The molecule has 0 spiro atoms. The van der Waals surface area contributed by atoms with E-state index in [0.29, 0.717) is 12.2 Å². The number of thiophene rings is 1. The van der Waals surface area contributed by atoms with Crippen LogP contribution in [0.2, 0.25) is 0 Å². The Morgan fingerprint density at radius 3 is 2.57 bits per heavy atom. The Morgan fingerprint density at radius 2 is 2.00 bits per heavy atom. The lowest BCUT2D eigenvalue weighted by Gasteiger charge is -2.16. The van der Waals surface area contributed by atoms with Gasteiger partial charge in [0.05, 0.1) is 11.4 Å². The van der Waals surface area contributed by atoms with Gasteiger partial charge < -0.3 is 11.1 Å². The van der Waals surface area contributed by atoms with Gasteiger partial charge in [-0.1, -0.05) is 6.07 Å². The Kier molecular flexibility index (Phi) is 4.55. The molecule has 0 atom stereocenters. The molecule has 0 amide bonds. The van der Waals surface area contributed by atoms with Gasteiger partial charge in [0.15, 0.2) is 0 Å². The van der Waals surface area contributed by atoms with Crippen LogP contribution in [-0.4, -0.2) is 26.8 Å². The molecule has 0 unspecified atom stereocenters. The maximum absolute atomic E-state index is 12.2. The highest BCUT2D eigenvalue weighted by Crippen LogP contribution is 2.29. The van der Waals surface area contributed by atoms with Crippen LogP contribution in [0, 0.1) is 6.92 Å². The predicted molar refractivity (Wildman–Crippen MR) is 88.1 cm³/mol. The van der Waals surface area contributed by atoms with E-state index in [1.807, 2.05) is 6.92 Å². The van der Waals surface area contributed by atoms with E-state index < -0.39 is 10.0 Å². The predicted octanol–water partition coefficient (Wildman–Crippen LogP) is 2.50. The van der Waals surface area contributed by atoms with Crippen LogP contribution in [0.1, 0.15) is 11.1 Å². The molecule has 0 radical (unpaired) electrons. The zero-order valence-electron chi connectivity index (χ0n) is 12.3. The summed E-state index contributed by atoms with van der Waals surface area (Å²) in [4.78, 5) is 0.125. The summed E-state index contributed by atoms with van der Waals surface area (Å²) in [5.74, 6) is 0. The van der Waals surface area contributed by atoms with Crippen LogP contribution in [-0.2, 0) is 16.6 Å². The Bertz CT molecular complexity index is 736. The lowest BCUT2D eigenvalue weighted by atomic mass is 10.2. The summed E-state index contributed by atoms with van der Waals surface area (Å²) in [7, 11) is -0.561. The third-order valence-corrected chi connectivity index (χ3v) is 6.04. The quantitative estimate of drug-likeness (QED) is 0.828. The first-order valence-electron chi connectivity index (χ1n) is 6.40. The standard InChI is InChI=1S/C14H19N3O2S2/c1-10-8-20-9-11(10)7-16-12-5-4-6-13(14(12)15)21(18,19)17(2)3/h4-6,8-9,16H,7,15H2,1-3H3. The number of benzene rings is 1. The lowest BCUT2D eigenvalue weighted by molar-refractivity contribution is 0.521. The van der Waals surface area contributed by atoms with Crippen molar-refractivity contribution >= 4 is 32.7 Å². The van der Waals surface area contributed by atoms with Gasteiger partial charge in [0, 0.05) is 20.6 Å². The number of nitrogens with two attached hydrogens (primary N) is 1. The van der Waals surface area contributed by atoms with Crippen LogP contribution >= 0.6 is 11.3 Å². The molecule has 2 rings (SSSR count). The molecule has 0 fully saturated rings. The summed E-state index contributed by atoms with van der Waals surface area (Å²) in [6, 6.07) is 4.99. The number of para-hydroxylation sites is 1. The summed E-state index contributed by atoms with van der Waals surface area (Å²) in [5, 5.41) is 7.35. The first-order chi connectivity index (χ1) is 9.84. The topological polar surface area (TPSA) is 75.4 Å². The fraction of sp³-hybridized carbons (Fsp3) is 0.286. The summed E-state index contributed by atoms with van der Waals surface area (Å²) in [6.07, 6.45) is 0. The Labute approximate surface area is 129 Å². The molecular formula is C14H19N3O2S2. The summed E-state index contributed by atoms with van der Waals surface area (Å²) >= 11 is 1.64. The molecule has 1 aromatic carbocycles. The van der Waals surface area contributed by atoms with Crippen molar-refractivity contribution < 1.29 is 8.42 Å². The molecule has 0 aliphatic heterocycles. The average Bonchev–Trinajstić information content (AvgIpc) is 2.82. The molecule has 5 nitrogen and oxygen atoms in total. The number of hydrogen-bond donors (Lipinski definition) is 2. The smallest absolute Gasteiger partial charge is 0.244 e. The second kappa shape index (κ2) is 6.05. The van der Waals surface area contributed by atoms with Crippen LogP contribution in [0.3, 0.4) is 0 Å². The van der Waals surface area contributed by atoms with E-state index in [1.54, 1.807) is 23.5 Å². The number of nitrogen functional groups attached to an aromatic ring is 1. The average molecular weight is 325 g/mol. The van der Waals surface area contributed by atoms with Crippen LogP contribution in [0.5, 0.6) is 0 Å². The van der Waals surface area contributed by atoms with E-state index in [0.717, 1.165) is 4.31 Å². The summed E-state index contributed by atoms with van der Waals surface area (Å²) in [5.41, 5.74) is 9.29. The fourth-order valence-electron chi connectivity index (χ4n) is 1.88. The monoisotopic (exact) mass is 325 g/mol. The molecule has 3 N–H and O–H groups in total. The Balaban J connectivity index is 2.29. The van der Waals surface area contributed by atoms with Gasteiger partial charge in [-0.15, -0.1) is 0 Å². The Morgan fingerprint density at radius 1 is 1.29 bits per heavy atom. The number of hydrogen-bond acceptors (Lipinski definition) is 5. The van der Waals surface area contributed by atoms with Gasteiger partial charge in [0.1, 0.15) is 4.90 Å². The van der Waals surface area contributed by atoms with Crippen LogP contribution < -0.4 is 11.1 Å². The number of rotatable bonds is 5. The molecule has 2 aromatic rings. The van der Waals surface area contributed by atoms with Gasteiger partial charge in [-0.2, -0.15) is 11.3 Å². The highest BCUT2D eigenvalue weighted by atomic mass is 32.2. The number of nitrogens with zero attached hydrogens (tertiary/aromatic N) is 1. The minimum absolute atomic E-state index is 0.125. The number of nitrogens with one attached hydrogen (secondary N) is 1. The molecule has 1 heterocycles. The zero-order chi connectivity index (χ0) is 15.6.